The zero-order valence-electron chi connectivity index (χ0n) is 23.7. The molecular weight excluding hydrogens is 757 g/mol. The Morgan fingerprint density at radius 1 is 0.732 bits per heavy atom. The summed E-state index contributed by atoms with van der Waals surface area (Å²) >= 11 is 4.40. The molecule has 13 heteroatoms. The second-order valence-corrected chi connectivity index (χ2v) is 13.3. The highest BCUT2D eigenvalue weighted by molar-refractivity contribution is 14.1. The standard InChI is InChI=1S/C14H20IN3O2.C10H12FIN2O.C4H9NO/c1-10-8-18(9-12(10)19)14-7-11(15)6-13(16-14)17-2-4-20-5-3-17;1-6-4-14(5-8(6)15)10-3-7(12)2-9(11)13-10;1-3-6-4-2-5-1/h6-7,10,12,19H,2-5,8-9H2,1H3;2-3,6,8,15H,4-5H2,1H3;5H,1-4H2. The highest BCUT2D eigenvalue weighted by Gasteiger charge is 2.30. The van der Waals surface area contributed by atoms with Gasteiger partial charge in [-0.2, -0.15) is 4.39 Å². The first-order valence-corrected chi connectivity index (χ1v) is 16.3. The molecule has 6 heterocycles. The molecule has 4 aliphatic heterocycles. The van der Waals surface area contributed by atoms with Gasteiger partial charge in [0.1, 0.15) is 17.5 Å². The summed E-state index contributed by atoms with van der Waals surface area (Å²) in [5, 5.41) is 22.7. The van der Waals surface area contributed by atoms with Gasteiger partial charge in [-0.1, -0.05) is 13.8 Å². The third-order valence-electron chi connectivity index (χ3n) is 7.48. The largest absolute Gasteiger partial charge is 0.391 e. The number of nitrogens with one attached hydrogen (secondary N) is 1. The molecule has 2 aromatic rings. The lowest BCUT2D eigenvalue weighted by atomic mass is 10.1. The Hall–Kier alpha value is -1.11. The van der Waals surface area contributed by atoms with Crippen molar-refractivity contribution in [3.8, 4) is 0 Å². The molecule has 41 heavy (non-hydrogen) atoms. The molecular formula is C28H41FI2N6O4. The Balaban J connectivity index is 0.000000161. The van der Waals surface area contributed by atoms with Crippen LogP contribution in [-0.4, -0.2) is 111 Å². The molecule has 4 aliphatic rings. The van der Waals surface area contributed by atoms with Gasteiger partial charge >= 0.3 is 0 Å². The summed E-state index contributed by atoms with van der Waals surface area (Å²) in [4.78, 5) is 15.0. The van der Waals surface area contributed by atoms with Crippen molar-refractivity contribution >= 4 is 62.6 Å². The zero-order chi connectivity index (χ0) is 29.4. The number of pyridine rings is 2. The van der Waals surface area contributed by atoms with Crippen molar-refractivity contribution in [1.82, 2.24) is 15.3 Å². The lowest BCUT2D eigenvalue weighted by molar-refractivity contribution is 0.109. The fraction of sp³-hybridized carbons (Fsp3) is 0.643. The Morgan fingerprint density at radius 2 is 1.20 bits per heavy atom. The summed E-state index contributed by atoms with van der Waals surface area (Å²) < 4.78 is 25.5. The van der Waals surface area contributed by atoms with E-state index in [4.69, 9.17) is 14.5 Å². The topological polar surface area (TPSA) is 106 Å². The number of anilines is 3. The quantitative estimate of drug-likeness (QED) is 0.318. The third-order valence-corrected chi connectivity index (χ3v) is 8.73. The predicted molar refractivity (Wildman–Crippen MR) is 175 cm³/mol. The molecule has 0 spiro atoms. The van der Waals surface area contributed by atoms with Gasteiger partial charge in [-0.25, -0.2) is 9.97 Å². The van der Waals surface area contributed by atoms with Gasteiger partial charge in [-0.15, -0.1) is 0 Å². The van der Waals surface area contributed by atoms with Gasteiger partial charge in [0, 0.05) is 77.4 Å². The number of halogens is 3. The molecule has 4 fully saturated rings. The lowest BCUT2D eigenvalue weighted by Crippen LogP contribution is -2.37. The van der Waals surface area contributed by atoms with Gasteiger partial charge < -0.3 is 39.7 Å². The number of β-amino-alcohol motifs (C(OH)–C–C–N with tert-alkyl or cyclic N) is 2. The first-order valence-electron chi connectivity index (χ1n) is 14.2. The molecule has 0 aromatic carbocycles. The molecule has 0 amide bonds. The van der Waals surface area contributed by atoms with Crippen molar-refractivity contribution in [2.24, 2.45) is 11.8 Å². The van der Waals surface area contributed by atoms with Crippen molar-refractivity contribution in [2.75, 3.05) is 93.5 Å². The van der Waals surface area contributed by atoms with Crippen LogP contribution in [0.4, 0.5) is 21.8 Å². The van der Waals surface area contributed by atoms with Crippen molar-refractivity contribution in [2.45, 2.75) is 26.1 Å². The molecule has 4 saturated heterocycles. The molecule has 2 aromatic heterocycles. The van der Waals surface area contributed by atoms with Crippen LogP contribution in [0, 0.1) is 24.9 Å². The molecule has 0 aliphatic carbocycles. The Labute approximate surface area is 269 Å². The minimum absolute atomic E-state index is 0.215. The van der Waals surface area contributed by atoms with Gasteiger partial charge in [0.15, 0.2) is 0 Å². The number of aliphatic hydroxyl groups is 2. The van der Waals surface area contributed by atoms with Gasteiger partial charge in [0.05, 0.1) is 38.6 Å². The molecule has 0 radical (unpaired) electrons. The molecule has 10 nitrogen and oxygen atoms in total. The molecule has 0 bridgehead atoms. The molecule has 6 rings (SSSR count). The van der Waals surface area contributed by atoms with Crippen LogP contribution in [0.2, 0.25) is 0 Å². The Morgan fingerprint density at radius 3 is 1.61 bits per heavy atom. The van der Waals surface area contributed by atoms with Crippen LogP contribution in [0.5, 0.6) is 0 Å². The molecule has 3 N–H and O–H groups in total. The fourth-order valence-corrected chi connectivity index (χ4v) is 6.08. The summed E-state index contributed by atoms with van der Waals surface area (Å²) in [6, 6.07) is 7.43. The van der Waals surface area contributed by atoms with Gasteiger partial charge in [0.2, 0.25) is 5.95 Å². The van der Waals surface area contributed by atoms with Crippen LogP contribution >= 0.6 is 45.2 Å². The van der Waals surface area contributed by atoms with Crippen molar-refractivity contribution in [1.29, 1.82) is 0 Å². The minimum Gasteiger partial charge on any atom is -0.391 e. The summed E-state index contributed by atoms with van der Waals surface area (Å²) in [5.74, 6) is 2.66. The predicted octanol–water partition coefficient (Wildman–Crippen LogP) is 2.59. The second kappa shape index (κ2) is 16.1. The number of hydrogen-bond donors (Lipinski definition) is 3. The SMILES string of the molecule is C1COCCN1.CC1CN(c2cc(I)cc(F)n2)CC1O.CC1CN(c2cc(I)cc(N3CCOCC3)n2)CC1O. The number of ether oxygens (including phenoxy) is 2. The number of morpholine rings is 2. The van der Waals surface area contributed by atoms with Crippen molar-refractivity contribution in [3.63, 3.8) is 0 Å². The number of aliphatic hydroxyl groups excluding tert-OH is 2. The van der Waals surface area contributed by atoms with Crippen LogP contribution in [0.25, 0.3) is 0 Å². The average molecular weight is 798 g/mol. The normalized spacial score (nSPS) is 26.3. The van der Waals surface area contributed by atoms with Gasteiger partial charge in [-0.3, -0.25) is 0 Å². The monoisotopic (exact) mass is 798 g/mol. The first-order chi connectivity index (χ1) is 19.7. The maximum absolute atomic E-state index is 13.1. The van der Waals surface area contributed by atoms with E-state index in [0.717, 1.165) is 80.9 Å². The number of aromatic nitrogens is 2. The van der Waals surface area contributed by atoms with E-state index >= 15 is 0 Å². The van der Waals surface area contributed by atoms with Crippen LogP contribution in [0.3, 0.4) is 0 Å². The van der Waals surface area contributed by atoms with E-state index in [1.54, 1.807) is 0 Å². The summed E-state index contributed by atoms with van der Waals surface area (Å²) in [6.07, 6.45) is -0.589. The highest BCUT2D eigenvalue weighted by atomic mass is 127. The van der Waals surface area contributed by atoms with E-state index in [-0.39, 0.29) is 18.1 Å². The van der Waals surface area contributed by atoms with Crippen LogP contribution in [0.1, 0.15) is 13.8 Å². The van der Waals surface area contributed by atoms with Crippen LogP contribution < -0.4 is 20.0 Å². The number of hydrogen-bond acceptors (Lipinski definition) is 10. The lowest BCUT2D eigenvalue weighted by Gasteiger charge is -2.29. The molecule has 0 saturated carbocycles. The van der Waals surface area contributed by atoms with Crippen molar-refractivity contribution < 1.29 is 24.1 Å². The van der Waals surface area contributed by atoms with E-state index in [9.17, 15) is 14.6 Å². The van der Waals surface area contributed by atoms with E-state index in [1.807, 2.05) is 17.9 Å². The van der Waals surface area contributed by atoms with Crippen molar-refractivity contribution in [3.05, 3.63) is 37.4 Å². The fourth-order valence-electron chi connectivity index (χ4n) is 4.99. The summed E-state index contributed by atoms with van der Waals surface area (Å²) in [5.41, 5.74) is 0. The maximum Gasteiger partial charge on any atom is 0.215 e. The zero-order valence-corrected chi connectivity index (χ0v) is 28.0. The second-order valence-electron chi connectivity index (χ2n) is 10.8. The summed E-state index contributed by atoms with van der Waals surface area (Å²) in [6.45, 7) is 14.0. The highest BCUT2D eigenvalue weighted by Crippen LogP contribution is 2.27. The smallest absolute Gasteiger partial charge is 0.215 e. The minimum atomic E-state index is -0.467. The van der Waals surface area contributed by atoms with Gasteiger partial charge in [0.25, 0.3) is 0 Å². The average Bonchev–Trinajstić information content (AvgIpc) is 3.49. The van der Waals surface area contributed by atoms with Crippen LogP contribution in [0.15, 0.2) is 24.3 Å². The number of rotatable bonds is 3. The molecule has 4 unspecified atom stereocenters. The van der Waals surface area contributed by atoms with E-state index in [1.165, 1.54) is 9.64 Å². The maximum atomic E-state index is 13.1. The number of nitrogens with zero attached hydrogens (tertiary/aromatic N) is 5. The Kier molecular flexibility index (Phi) is 12.9. The van der Waals surface area contributed by atoms with Crippen LogP contribution in [-0.2, 0) is 9.47 Å². The summed E-state index contributed by atoms with van der Waals surface area (Å²) in [7, 11) is 0. The molecule has 4 atom stereocenters. The molecule has 228 valence electrons. The van der Waals surface area contributed by atoms with Gasteiger partial charge in [-0.05, 0) is 63.4 Å². The Bertz CT molecular complexity index is 1060. The first kappa shape index (κ1) is 32.8. The van der Waals surface area contributed by atoms with E-state index in [2.05, 4.69) is 84.3 Å². The van der Waals surface area contributed by atoms with E-state index < -0.39 is 5.95 Å². The van der Waals surface area contributed by atoms with E-state index in [0.29, 0.717) is 24.8 Å². The third kappa shape index (κ3) is 9.96.